The van der Waals surface area contributed by atoms with Crippen LogP contribution in [0.3, 0.4) is 0 Å². The first-order valence-electron chi connectivity index (χ1n) is 8.82. The lowest BCUT2D eigenvalue weighted by Crippen LogP contribution is -2.49. The van der Waals surface area contributed by atoms with Gasteiger partial charge in [0.1, 0.15) is 0 Å². The van der Waals surface area contributed by atoms with Gasteiger partial charge in [-0.1, -0.05) is 26.7 Å². The van der Waals surface area contributed by atoms with Crippen molar-refractivity contribution in [1.29, 1.82) is 0 Å². The van der Waals surface area contributed by atoms with Crippen molar-refractivity contribution in [3.8, 4) is 0 Å². The minimum atomic E-state index is 0.772. The molecule has 0 spiro atoms. The fraction of sp³-hybridized carbons (Fsp3) is 1.00. The molecule has 120 valence electrons. The Hall–Kier alpha value is -0.120. The molecular formula is C17H36N2O. The number of rotatable bonds is 11. The molecule has 0 aliphatic carbocycles. The van der Waals surface area contributed by atoms with Gasteiger partial charge in [-0.25, -0.2) is 0 Å². The Kier molecular flexibility index (Phi) is 10.3. The maximum absolute atomic E-state index is 5.61. The Bertz CT molecular complexity index is 215. The topological polar surface area (TPSA) is 15.7 Å². The molecule has 0 N–H and O–H groups in total. The monoisotopic (exact) mass is 284 g/mol. The Morgan fingerprint density at radius 3 is 2.25 bits per heavy atom. The van der Waals surface area contributed by atoms with Gasteiger partial charge in [0, 0.05) is 45.4 Å². The van der Waals surface area contributed by atoms with E-state index in [0.29, 0.717) is 0 Å². The summed E-state index contributed by atoms with van der Waals surface area (Å²) in [5.74, 6) is 0. The standard InChI is InChI=1S/C17H36N2O/c1-4-6-15-20-16-8-7-10-18-11-13-19(14-12-18)17(3)9-5-2/h17H,4-16H2,1-3H3. The second kappa shape index (κ2) is 11.5. The highest BCUT2D eigenvalue weighted by Crippen LogP contribution is 2.11. The molecule has 0 radical (unpaired) electrons. The third-order valence-corrected chi connectivity index (χ3v) is 4.39. The summed E-state index contributed by atoms with van der Waals surface area (Å²) in [6.45, 7) is 15.1. The molecule has 20 heavy (non-hydrogen) atoms. The molecule has 1 atom stereocenters. The van der Waals surface area contributed by atoms with Crippen LogP contribution in [0.2, 0.25) is 0 Å². The lowest BCUT2D eigenvalue weighted by Gasteiger charge is -2.38. The summed E-state index contributed by atoms with van der Waals surface area (Å²) in [6, 6.07) is 0.772. The van der Waals surface area contributed by atoms with Crippen molar-refractivity contribution in [2.75, 3.05) is 45.9 Å². The summed E-state index contributed by atoms with van der Waals surface area (Å²) in [7, 11) is 0. The summed E-state index contributed by atoms with van der Waals surface area (Å²) >= 11 is 0. The van der Waals surface area contributed by atoms with Crippen molar-refractivity contribution in [1.82, 2.24) is 9.80 Å². The smallest absolute Gasteiger partial charge is 0.0466 e. The van der Waals surface area contributed by atoms with E-state index in [-0.39, 0.29) is 0 Å². The molecule has 1 aliphatic rings. The molecular weight excluding hydrogens is 248 g/mol. The number of unbranched alkanes of at least 4 members (excludes halogenated alkanes) is 2. The molecule has 1 heterocycles. The van der Waals surface area contributed by atoms with E-state index in [0.717, 1.165) is 19.3 Å². The Labute approximate surface area is 126 Å². The summed E-state index contributed by atoms with van der Waals surface area (Å²) in [4.78, 5) is 5.29. The van der Waals surface area contributed by atoms with Crippen molar-refractivity contribution in [3.63, 3.8) is 0 Å². The first kappa shape index (κ1) is 17.9. The van der Waals surface area contributed by atoms with E-state index >= 15 is 0 Å². The van der Waals surface area contributed by atoms with E-state index in [4.69, 9.17) is 4.74 Å². The van der Waals surface area contributed by atoms with Gasteiger partial charge in [0.05, 0.1) is 0 Å². The highest BCUT2D eigenvalue weighted by atomic mass is 16.5. The highest BCUT2D eigenvalue weighted by Gasteiger charge is 2.19. The number of piperazine rings is 1. The van der Waals surface area contributed by atoms with Crippen LogP contribution < -0.4 is 0 Å². The van der Waals surface area contributed by atoms with Crippen LogP contribution in [0.25, 0.3) is 0 Å². The average molecular weight is 284 g/mol. The van der Waals surface area contributed by atoms with Crippen LogP contribution in [0.1, 0.15) is 59.3 Å². The van der Waals surface area contributed by atoms with Gasteiger partial charge in [-0.05, 0) is 39.2 Å². The fourth-order valence-corrected chi connectivity index (χ4v) is 2.92. The number of hydrogen-bond donors (Lipinski definition) is 0. The van der Waals surface area contributed by atoms with Gasteiger partial charge >= 0.3 is 0 Å². The average Bonchev–Trinajstić information content (AvgIpc) is 2.47. The van der Waals surface area contributed by atoms with Gasteiger partial charge in [-0.3, -0.25) is 4.90 Å². The molecule has 1 fully saturated rings. The van der Waals surface area contributed by atoms with Gasteiger partial charge in [0.2, 0.25) is 0 Å². The van der Waals surface area contributed by atoms with Crippen LogP contribution in [-0.4, -0.2) is 61.8 Å². The highest BCUT2D eigenvalue weighted by molar-refractivity contribution is 4.75. The minimum Gasteiger partial charge on any atom is -0.381 e. The molecule has 1 aliphatic heterocycles. The zero-order chi connectivity index (χ0) is 14.6. The number of ether oxygens (including phenoxy) is 1. The minimum absolute atomic E-state index is 0.772. The third kappa shape index (κ3) is 7.61. The van der Waals surface area contributed by atoms with Crippen molar-refractivity contribution in [3.05, 3.63) is 0 Å². The van der Waals surface area contributed by atoms with Crippen molar-refractivity contribution in [2.24, 2.45) is 0 Å². The summed E-state index contributed by atoms with van der Waals surface area (Å²) in [6.07, 6.45) is 7.60. The largest absolute Gasteiger partial charge is 0.381 e. The zero-order valence-electron chi connectivity index (χ0n) is 14.1. The molecule has 0 aromatic carbocycles. The van der Waals surface area contributed by atoms with Crippen LogP contribution in [0.15, 0.2) is 0 Å². The second-order valence-electron chi connectivity index (χ2n) is 6.19. The maximum atomic E-state index is 5.61. The quantitative estimate of drug-likeness (QED) is 0.541. The van der Waals surface area contributed by atoms with Gasteiger partial charge in [-0.15, -0.1) is 0 Å². The van der Waals surface area contributed by atoms with E-state index in [1.165, 1.54) is 71.2 Å². The lowest BCUT2D eigenvalue weighted by molar-refractivity contribution is 0.0913. The normalized spacial score (nSPS) is 19.4. The van der Waals surface area contributed by atoms with Crippen LogP contribution in [0.4, 0.5) is 0 Å². The predicted octanol–water partition coefficient (Wildman–Crippen LogP) is 3.39. The molecule has 0 aromatic heterocycles. The van der Waals surface area contributed by atoms with E-state index in [1.807, 2.05) is 0 Å². The SMILES string of the molecule is CCCCOCCCCN1CCN(C(C)CCC)CC1. The van der Waals surface area contributed by atoms with Gasteiger partial charge < -0.3 is 9.64 Å². The Morgan fingerprint density at radius 2 is 1.60 bits per heavy atom. The summed E-state index contributed by atoms with van der Waals surface area (Å²) in [5, 5.41) is 0. The fourth-order valence-electron chi connectivity index (χ4n) is 2.92. The molecule has 0 amide bonds. The zero-order valence-corrected chi connectivity index (χ0v) is 14.1. The summed E-state index contributed by atoms with van der Waals surface area (Å²) in [5.41, 5.74) is 0. The molecule has 0 saturated carbocycles. The first-order valence-corrected chi connectivity index (χ1v) is 8.82. The molecule has 0 bridgehead atoms. The lowest BCUT2D eigenvalue weighted by atomic mass is 10.1. The van der Waals surface area contributed by atoms with Crippen LogP contribution in [0.5, 0.6) is 0 Å². The number of hydrogen-bond acceptors (Lipinski definition) is 3. The van der Waals surface area contributed by atoms with E-state index in [9.17, 15) is 0 Å². The first-order chi connectivity index (χ1) is 9.77. The molecule has 0 aromatic rings. The predicted molar refractivity (Wildman–Crippen MR) is 87.3 cm³/mol. The van der Waals surface area contributed by atoms with E-state index in [1.54, 1.807) is 0 Å². The molecule has 1 saturated heterocycles. The van der Waals surface area contributed by atoms with E-state index in [2.05, 4.69) is 30.6 Å². The number of nitrogens with zero attached hydrogens (tertiary/aromatic N) is 2. The van der Waals surface area contributed by atoms with Crippen molar-refractivity contribution >= 4 is 0 Å². The van der Waals surface area contributed by atoms with Crippen molar-refractivity contribution in [2.45, 2.75) is 65.3 Å². The Balaban J connectivity index is 1.97. The van der Waals surface area contributed by atoms with E-state index < -0.39 is 0 Å². The van der Waals surface area contributed by atoms with Gasteiger partial charge in [-0.2, -0.15) is 0 Å². The van der Waals surface area contributed by atoms with Crippen LogP contribution >= 0.6 is 0 Å². The molecule has 1 rings (SSSR count). The van der Waals surface area contributed by atoms with Gasteiger partial charge in [0.15, 0.2) is 0 Å². The van der Waals surface area contributed by atoms with Crippen LogP contribution in [0, 0.1) is 0 Å². The molecule has 3 heteroatoms. The Morgan fingerprint density at radius 1 is 0.900 bits per heavy atom. The molecule has 1 unspecified atom stereocenters. The molecule has 3 nitrogen and oxygen atoms in total. The maximum Gasteiger partial charge on any atom is 0.0466 e. The second-order valence-corrected chi connectivity index (χ2v) is 6.19. The van der Waals surface area contributed by atoms with Crippen molar-refractivity contribution < 1.29 is 4.74 Å². The van der Waals surface area contributed by atoms with Crippen LogP contribution in [-0.2, 0) is 4.74 Å². The summed E-state index contributed by atoms with van der Waals surface area (Å²) < 4.78 is 5.61. The van der Waals surface area contributed by atoms with Gasteiger partial charge in [0.25, 0.3) is 0 Å². The third-order valence-electron chi connectivity index (χ3n) is 4.39.